The van der Waals surface area contributed by atoms with E-state index in [1.165, 1.54) is 10.4 Å². The SMILES string of the molecule is CCCCCNC(=O)c1cc(S(=O)(=O)N(CC)CC)ccc1F. The zero-order valence-electron chi connectivity index (χ0n) is 13.9. The van der Waals surface area contributed by atoms with Gasteiger partial charge in [-0.3, -0.25) is 4.79 Å². The van der Waals surface area contributed by atoms with Gasteiger partial charge in [0.2, 0.25) is 10.0 Å². The fraction of sp³-hybridized carbons (Fsp3) is 0.562. The molecule has 0 aromatic heterocycles. The molecule has 23 heavy (non-hydrogen) atoms. The van der Waals surface area contributed by atoms with E-state index < -0.39 is 21.7 Å². The molecule has 0 fully saturated rings. The topological polar surface area (TPSA) is 66.5 Å². The average molecular weight is 344 g/mol. The maximum absolute atomic E-state index is 13.9. The van der Waals surface area contributed by atoms with Crippen LogP contribution in [0, 0.1) is 5.82 Å². The van der Waals surface area contributed by atoms with E-state index in [1.54, 1.807) is 13.8 Å². The maximum atomic E-state index is 13.9. The van der Waals surface area contributed by atoms with Gasteiger partial charge in [0, 0.05) is 19.6 Å². The van der Waals surface area contributed by atoms with Gasteiger partial charge in [0.15, 0.2) is 0 Å². The molecule has 0 aliphatic heterocycles. The van der Waals surface area contributed by atoms with Crippen LogP contribution in [0.25, 0.3) is 0 Å². The Labute approximate surface area is 137 Å². The van der Waals surface area contributed by atoms with Gasteiger partial charge in [0.25, 0.3) is 5.91 Å². The number of amides is 1. The summed E-state index contributed by atoms with van der Waals surface area (Å²) in [4.78, 5) is 12.0. The van der Waals surface area contributed by atoms with Crippen LogP contribution < -0.4 is 5.32 Å². The van der Waals surface area contributed by atoms with E-state index in [0.29, 0.717) is 19.6 Å². The first-order valence-corrected chi connectivity index (χ1v) is 9.40. The van der Waals surface area contributed by atoms with Gasteiger partial charge in [-0.1, -0.05) is 33.6 Å². The molecule has 5 nitrogen and oxygen atoms in total. The van der Waals surface area contributed by atoms with Crippen LogP contribution in [0.2, 0.25) is 0 Å². The van der Waals surface area contributed by atoms with Crippen LogP contribution in [0.15, 0.2) is 23.1 Å². The molecule has 7 heteroatoms. The number of sulfonamides is 1. The highest BCUT2D eigenvalue weighted by atomic mass is 32.2. The Morgan fingerprint density at radius 1 is 1.17 bits per heavy atom. The van der Waals surface area contributed by atoms with Gasteiger partial charge in [0.05, 0.1) is 10.5 Å². The van der Waals surface area contributed by atoms with Crippen LogP contribution in [0.4, 0.5) is 4.39 Å². The summed E-state index contributed by atoms with van der Waals surface area (Å²) >= 11 is 0. The molecule has 130 valence electrons. The number of unbranched alkanes of at least 4 members (excludes halogenated alkanes) is 2. The second kappa shape index (κ2) is 8.98. The van der Waals surface area contributed by atoms with Gasteiger partial charge >= 0.3 is 0 Å². The van der Waals surface area contributed by atoms with E-state index >= 15 is 0 Å². The third kappa shape index (κ3) is 5.00. The van der Waals surface area contributed by atoms with Crippen LogP contribution in [-0.2, 0) is 10.0 Å². The lowest BCUT2D eigenvalue weighted by molar-refractivity contribution is 0.0948. The molecule has 0 bridgehead atoms. The lowest BCUT2D eigenvalue weighted by Crippen LogP contribution is -2.31. The minimum atomic E-state index is -3.72. The van der Waals surface area contributed by atoms with E-state index in [-0.39, 0.29) is 10.5 Å². The first kappa shape index (κ1) is 19.6. The summed E-state index contributed by atoms with van der Waals surface area (Å²) in [6.45, 7) is 6.57. The number of nitrogens with zero attached hydrogens (tertiary/aromatic N) is 1. The fourth-order valence-electron chi connectivity index (χ4n) is 2.22. The van der Waals surface area contributed by atoms with E-state index in [9.17, 15) is 17.6 Å². The van der Waals surface area contributed by atoms with Crippen molar-refractivity contribution in [1.82, 2.24) is 9.62 Å². The number of nitrogens with one attached hydrogen (secondary N) is 1. The average Bonchev–Trinajstić information content (AvgIpc) is 2.52. The molecule has 0 saturated carbocycles. The first-order chi connectivity index (χ1) is 10.9. The van der Waals surface area contributed by atoms with E-state index in [4.69, 9.17) is 0 Å². The molecule has 1 rings (SSSR count). The van der Waals surface area contributed by atoms with Gasteiger partial charge < -0.3 is 5.32 Å². The van der Waals surface area contributed by atoms with Crippen molar-refractivity contribution < 1.29 is 17.6 Å². The second-order valence-electron chi connectivity index (χ2n) is 5.19. The lowest BCUT2D eigenvalue weighted by Gasteiger charge is -2.19. The smallest absolute Gasteiger partial charge is 0.254 e. The molecule has 0 atom stereocenters. The highest BCUT2D eigenvalue weighted by Gasteiger charge is 2.24. The first-order valence-electron chi connectivity index (χ1n) is 7.96. The molecule has 0 spiro atoms. The summed E-state index contributed by atoms with van der Waals surface area (Å²) in [5.74, 6) is -1.31. The zero-order chi connectivity index (χ0) is 17.5. The van der Waals surface area contributed by atoms with Crippen LogP contribution in [0.1, 0.15) is 50.4 Å². The summed E-state index contributed by atoms with van der Waals surface area (Å²) in [5, 5.41) is 2.62. The molecular formula is C16H25FN2O3S. The molecular weight excluding hydrogens is 319 g/mol. The lowest BCUT2D eigenvalue weighted by atomic mass is 10.2. The van der Waals surface area contributed by atoms with Crippen LogP contribution in [0.3, 0.4) is 0 Å². The van der Waals surface area contributed by atoms with Crippen LogP contribution in [0.5, 0.6) is 0 Å². The van der Waals surface area contributed by atoms with Crippen molar-refractivity contribution in [2.45, 2.75) is 44.9 Å². The third-order valence-electron chi connectivity index (χ3n) is 3.59. The minimum Gasteiger partial charge on any atom is -0.352 e. The van der Waals surface area contributed by atoms with Crippen molar-refractivity contribution in [1.29, 1.82) is 0 Å². The van der Waals surface area contributed by atoms with E-state index in [1.807, 2.05) is 6.92 Å². The summed E-state index contributed by atoms with van der Waals surface area (Å²) in [6.07, 6.45) is 2.79. The number of hydrogen-bond donors (Lipinski definition) is 1. The Balaban J connectivity index is 3.01. The van der Waals surface area contributed by atoms with Gasteiger partial charge in [0.1, 0.15) is 5.82 Å². The second-order valence-corrected chi connectivity index (χ2v) is 7.13. The number of benzene rings is 1. The highest BCUT2D eigenvalue weighted by Crippen LogP contribution is 2.19. The monoisotopic (exact) mass is 344 g/mol. The van der Waals surface area contributed by atoms with Crippen LogP contribution >= 0.6 is 0 Å². The molecule has 0 radical (unpaired) electrons. The molecule has 0 heterocycles. The molecule has 1 amide bonds. The Kier molecular flexibility index (Phi) is 7.64. The van der Waals surface area contributed by atoms with Crippen molar-refractivity contribution in [2.75, 3.05) is 19.6 Å². The molecule has 1 aromatic carbocycles. The molecule has 0 aliphatic rings. The molecule has 0 aliphatic carbocycles. The van der Waals surface area contributed by atoms with Crippen LogP contribution in [-0.4, -0.2) is 38.3 Å². The Morgan fingerprint density at radius 2 is 1.83 bits per heavy atom. The summed E-state index contributed by atoms with van der Waals surface area (Å²) in [6, 6.07) is 3.33. The predicted molar refractivity (Wildman–Crippen MR) is 88.4 cm³/mol. The minimum absolute atomic E-state index is 0.0682. The standard InChI is InChI=1S/C16H25FN2O3S/c1-4-7-8-11-18-16(20)14-12-13(9-10-15(14)17)23(21,22)19(5-2)6-3/h9-10,12H,4-8,11H2,1-3H3,(H,18,20). The number of carbonyl (C=O) groups excluding carboxylic acids is 1. The van der Waals surface area contributed by atoms with Crippen molar-refractivity contribution in [3.63, 3.8) is 0 Å². The number of hydrogen-bond acceptors (Lipinski definition) is 3. The van der Waals surface area contributed by atoms with Crippen molar-refractivity contribution in [3.8, 4) is 0 Å². The molecule has 0 unspecified atom stereocenters. The summed E-state index contributed by atoms with van der Waals surface area (Å²) < 4.78 is 40.0. The fourth-order valence-corrected chi connectivity index (χ4v) is 3.71. The maximum Gasteiger partial charge on any atom is 0.254 e. The van der Waals surface area contributed by atoms with Gasteiger partial charge in [-0.2, -0.15) is 4.31 Å². The number of carbonyl (C=O) groups is 1. The van der Waals surface area contributed by atoms with Gasteiger partial charge in [-0.25, -0.2) is 12.8 Å². The van der Waals surface area contributed by atoms with E-state index in [0.717, 1.165) is 31.4 Å². The third-order valence-corrected chi connectivity index (χ3v) is 5.64. The van der Waals surface area contributed by atoms with Gasteiger partial charge in [-0.05, 0) is 24.6 Å². The Bertz CT molecular complexity index is 628. The summed E-state index contributed by atoms with van der Waals surface area (Å²) in [7, 11) is -3.72. The highest BCUT2D eigenvalue weighted by molar-refractivity contribution is 7.89. The predicted octanol–water partition coefficient (Wildman–Crippen LogP) is 2.78. The number of rotatable bonds is 9. The molecule has 1 N–H and O–H groups in total. The Hall–Kier alpha value is -1.47. The van der Waals surface area contributed by atoms with Crippen molar-refractivity contribution in [2.24, 2.45) is 0 Å². The Morgan fingerprint density at radius 3 is 2.39 bits per heavy atom. The zero-order valence-corrected chi connectivity index (χ0v) is 14.7. The quantitative estimate of drug-likeness (QED) is 0.701. The molecule has 0 saturated heterocycles. The summed E-state index contributed by atoms with van der Waals surface area (Å²) in [5.41, 5.74) is -0.241. The van der Waals surface area contributed by atoms with Crippen molar-refractivity contribution >= 4 is 15.9 Å². The normalized spacial score (nSPS) is 11.7. The van der Waals surface area contributed by atoms with E-state index in [2.05, 4.69) is 5.32 Å². The largest absolute Gasteiger partial charge is 0.352 e. The van der Waals surface area contributed by atoms with Gasteiger partial charge in [-0.15, -0.1) is 0 Å². The molecule has 1 aromatic rings. The van der Waals surface area contributed by atoms with Crippen molar-refractivity contribution in [3.05, 3.63) is 29.6 Å². The number of halogens is 1.